The summed E-state index contributed by atoms with van der Waals surface area (Å²) in [7, 11) is 0. The number of benzene rings is 1. The molecule has 1 aromatic carbocycles. The van der Waals surface area contributed by atoms with Crippen LogP contribution in [0.3, 0.4) is 0 Å². The van der Waals surface area contributed by atoms with E-state index in [4.69, 9.17) is 10.5 Å². The number of carbonyl (C=O) groups excluding carboxylic acids is 3. The van der Waals surface area contributed by atoms with E-state index < -0.39 is 18.1 Å². The van der Waals surface area contributed by atoms with Crippen molar-refractivity contribution >= 4 is 23.6 Å². The number of anilines is 1. The maximum Gasteiger partial charge on any atom is 0.338 e. The van der Waals surface area contributed by atoms with Crippen molar-refractivity contribution in [2.24, 2.45) is 11.7 Å². The zero-order valence-electron chi connectivity index (χ0n) is 14.0. The Bertz CT molecular complexity index is 607. The van der Waals surface area contributed by atoms with Gasteiger partial charge < -0.3 is 20.7 Å². The highest BCUT2D eigenvalue weighted by Gasteiger charge is 2.27. The first kappa shape index (κ1) is 17.8. The molecule has 0 bridgehead atoms. The molecule has 130 valence electrons. The number of nitrogens with one attached hydrogen (secondary N) is 1. The molecular formula is C17H23N3O4. The highest BCUT2D eigenvalue weighted by atomic mass is 16.5. The number of urea groups is 1. The summed E-state index contributed by atoms with van der Waals surface area (Å²) < 4.78 is 5.26. The fourth-order valence-electron chi connectivity index (χ4n) is 2.60. The van der Waals surface area contributed by atoms with Crippen molar-refractivity contribution in [3.63, 3.8) is 0 Å². The average Bonchev–Trinajstić information content (AvgIpc) is 2.55. The van der Waals surface area contributed by atoms with Gasteiger partial charge in [-0.05, 0) is 49.9 Å². The molecule has 3 amide bonds. The Kier molecular flexibility index (Phi) is 5.78. The van der Waals surface area contributed by atoms with Crippen molar-refractivity contribution in [1.82, 2.24) is 4.90 Å². The van der Waals surface area contributed by atoms with Gasteiger partial charge in [-0.15, -0.1) is 0 Å². The van der Waals surface area contributed by atoms with E-state index in [-0.39, 0.29) is 5.91 Å². The number of amides is 3. The van der Waals surface area contributed by atoms with E-state index in [1.54, 1.807) is 24.0 Å². The second-order valence-corrected chi connectivity index (χ2v) is 6.12. The maximum atomic E-state index is 12.3. The lowest BCUT2D eigenvalue weighted by Crippen LogP contribution is -2.44. The molecule has 7 nitrogen and oxygen atoms in total. The van der Waals surface area contributed by atoms with Gasteiger partial charge in [0.2, 0.25) is 0 Å². The first-order valence-electron chi connectivity index (χ1n) is 8.03. The molecule has 0 unspecified atom stereocenters. The lowest BCUT2D eigenvalue weighted by molar-refractivity contribution is -0.141. The van der Waals surface area contributed by atoms with Gasteiger partial charge in [0.1, 0.15) is 0 Å². The van der Waals surface area contributed by atoms with E-state index in [0.29, 0.717) is 30.3 Å². The lowest BCUT2D eigenvalue weighted by Gasteiger charge is -2.31. The van der Waals surface area contributed by atoms with Gasteiger partial charge >= 0.3 is 12.0 Å². The molecule has 1 saturated heterocycles. The van der Waals surface area contributed by atoms with Crippen LogP contribution >= 0.6 is 0 Å². The Balaban J connectivity index is 1.90. The van der Waals surface area contributed by atoms with Crippen LogP contribution in [0.2, 0.25) is 0 Å². The van der Waals surface area contributed by atoms with Crippen molar-refractivity contribution in [1.29, 1.82) is 0 Å². The zero-order valence-corrected chi connectivity index (χ0v) is 14.0. The smallest absolute Gasteiger partial charge is 0.338 e. The van der Waals surface area contributed by atoms with Gasteiger partial charge in [-0.3, -0.25) is 4.79 Å². The molecular weight excluding hydrogens is 310 g/mol. The standard InChI is InChI=1S/C17H23N3O4/c1-11-7-9-20(10-8-11)15(21)12(2)24-16(22)13-3-5-14(6-4-13)19-17(18)23/h3-6,11-12H,7-10H2,1-2H3,(H3,18,19,23)/t12-/m1/s1. The van der Waals surface area contributed by atoms with Crippen LogP contribution in [-0.4, -0.2) is 42.0 Å². The second-order valence-electron chi connectivity index (χ2n) is 6.12. The summed E-state index contributed by atoms with van der Waals surface area (Å²) in [5, 5.41) is 2.40. The summed E-state index contributed by atoms with van der Waals surface area (Å²) in [6.07, 6.45) is 1.12. The van der Waals surface area contributed by atoms with Gasteiger partial charge in [-0.25, -0.2) is 9.59 Å². The third-order valence-corrected chi connectivity index (χ3v) is 4.12. The van der Waals surface area contributed by atoms with Gasteiger partial charge in [-0.2, -0.15) is 0 Å². The van der Waals surface area contributed by atoms with Crippen molar-refractivity contribution in [2.75, 3.05) is 18.4 Å². The van der Waals surface area contributed by atoms with E-state index in [1.807, 2.05) is 0 Å². The van der Waals surface area contributed by atoms with Crippen LogP contribution in [0.25, 0.3) is 0 Å². The third-order valence-electron chi connectivity index (χ3n) is 4.12. The Labute approximate surface area is 141 Å². The number of primary amides is 1. The third kappa shape index (κ3) is 4.71. The molecule has 0 aromatic heterocycles. The average molecular weight is 333 g/mol. The lowest BCUT2D eigenvalue weighted by atomic mass is 9.99. The molecule has 2 rings (SSSR count). The summed E-state index contributed by atoms with van der Waals surface area (Å²) in [6, 6.07) is 5.42. The SMILES string of the molecule is CC1CCN(C(=O)[C@@H](C)OC(=O)c2ccc(NC(N)=O)cc2)CC1. The number of esters is 1. The molecule has 0 radical (unpaired) electrons. The highest BCUT2D eigenvalue weighted by molar-refractivity contribution is 5.93. The minimum Gasteiger partial charge on any atom is -0.449 e. The zero-order chi connectivity index (χ0) is 17.7. The van der Waals surface area contributed by atoms with Gasteiger partial charge in [-0.1, -0.05) is 6.92 Å². The maximum absolute atomic E-state index is 12.3. The number of ether oxygens (including phenoxy) is 1. The van der Waals surface area contributed by atoms with Gasteiger partial charge in [0.25, 0.3) is 5.91 Å². The number of nitrogens with two attached hydrogens (primary N) is 1. The van der Waals surface area contributed by atoms with Crippen LogP contribution in [-0.2, 0) is 9.53 Å². The van der Waals surface area contributed by atoms with Crippen LogP contribution in [0, 0.1) is 5.92 Å². The Morgan fingerprint density at radius 1 is 1.21 bits per heavy atom. The van der Waals surface area contributed by atoms with Crippen molar-refractivity contribution in [3.8, 4) is 0 Å². The summed E-state index contributed by atoms with van der Waals surface area (Å²) in [6.45, 7) is 5.16. The number of carbonyl (C=O) groups is 3. The Morgan fingerprint density at radius 2 is 1.79 bits per heavy atom. The van der Waals surface area contributed by atoms with E-state index in [2.05, 4.69) is 12.2 Å². The number of nitrogens with zero attached hydrogens (tertiary/aromatic N) is 1. The van der Waals surface area contributed by atoms with Crippen molar-refractivity contribution in [2.45, 2.75) is 32.8 Å². The summed E-state index contributed by atoms with van der Waals surface area (Å²) in [5.41, 5.74) is 5.80. The molecule has 1 aromatic rings. The van der Waals surface area contributed by atoms with Crippen molar-refractivity contribution in [3.05, 3.63) is 29.8 Å². The number of hydrogen-bond donors (Lipinski definition) is 2. The molecule has 1 heterocycles. The summed E-state index contributed by atoms with van der Waals surface area (Å²) in [5.74, 6) is -0.117. The topological polar surface area (TPSA) is 102 Å². The first-order valence-corrected chi connectivity index (χ1v) is 8.03. The normalized spacial score (nSPS) is 16.3. The van der Waals surface area contributed by atoms with Crippen LogP contribution in [0.1, 0.15) is 37.0 Å². The molecule has 1 atom stereocenters. The molecule has 0 spiro atoms. The molecule has 1 aliphatic heterocycles. The summed E-state index contributed by atoms with van der Waals surface area (Å²) >= 11 is 0. The van der Waals surface area contributed by atoms with Crippen LogP contribution in [0.4, 0.5) is 10.5 Å². The summed E-state index contributed by atoms with van der Waals surface area (Å²) in [4.78, 5) is 37.0. The number of rotatable bonds is 4. The minimum atomic E-state index is -0.825. The Morgan fingerprint density at radius 3 is 2.33 bits per heavy atom. The highest BCUT2D eigenvalue weighted by Crippen LogP contribution is 2.18. The molecule has 3 N–H and O–H groups in total. The predicted molar refractivity (Wildman–Crippen MR) is 89.5 cm³/mol. The first-order chi connectivity index (χ1) is 11.4. The van der Waals surface area contributed by atoms with E-state index in [1.165, 1.54) is 12.1 Å². The van der Waals surface area contributed by atoms with Gasteiger partial charge in [0.15, 0.2) is 6.10 Å². The van der Waals surface area contributed by atoms with E-state index in [0.717, 1.165) is 12.8 Å². The molecule has 1 fully saturated rings. The van der Waals surface area contributed by atoms with Crippen molar-refractivity contribution < 1.29 is 19.1 Å². The molecule has 24 heavy (non-hydrogen) atoms. The quantitative estimate of drug-likeness (QED) is 0.823. The Hall–Kier alpha value is -2.57. The fourth-order valence-corrected chi connectivity index (χ4v) is 2.60. The fraction of sp³-hybridized carbons (Fsp3) is 0.471. The van der Waals surface area contributed by atoms with Crippen LogP contribution in [0.15, 0.2) is 24.3 Å². The molecule has 1 aliphatic rings. The van der Waals surface area contributed by atoms with E-state index in [9.17, 15) is 14.4 Å². The molecule has 0 saturated carbocycles. The van der Waals surface area contributed by atoms with E-state index >= 15 is 0 Å². The van der Waals surface area contributed by atoms with Crippen LogP contribution in [0.5, 0.6) is 0 Å². The number of hydrogen-bond acceptors (Lipinski definition) is 4. The second kappa shape index (κ2) is 7.81. The number of likely N-dealkylation sites (tertiary alicyclic amines) is 1. The molecule has 0 aliphatic carbocycles. The number of piperidine rings is 1. The largest absolute Gasteiger partial charge is 0.449 e. The van der Waals surface area contributed by atoms with Crippen LogP contribution < -0.4 is 11.1 Å². The van der Waals surface area contributed by atoms with Gasteiger partial charge in [0.05, 0.1) is 5.56 Å². The van der Waals surface area contributed by atoms with Gasteiger partial charge in [0, 0.05) is 18.8 Å². The predicted octanol–water partition coefficient (Wildman–Crippen LogP) is 1.98. The minimum absolute atomic E-state index is 0.165. The molecule has 7 heteroatoms. The monoisotopic (exact) mass is 333 g/mol.